The molecular weight excluding hydrogens is 475 g/mol. The van der Waals surface area contributed by atoms with Gasteiger partial charge in [-0.2, -0.15) is 5.10 Å². The minimum Gasteiger partial charge on any atom is -0.369 e. The summed E-state index contributed by atoms with van der Waals surface area (Å²) in [5, 5.41) is 4.45. The number of aryl methyl sites for hydroxylation is 1. The van der Waals surface area contributed by atoms with Crippen molar-refractivity contribution < 1.29 is 4.39 Å². The predicted molar refractivity (Wildman–Crippen MR) is 152 cm³/mol. The number of piperidine rings is 1. The zero-order valence-corrected chi connectivity index (χ0v) is 23.6. The van der Waals surface area contributed by atoms with Crippen LogP contribution in [0.2, 0.25) is 0 Å². The van der Waals surface area contributed by atoms with Gasteiger partial charge in [-0.1, -0.05) is 32.3 Å². The monoisotopic (exact) mass is 518 g/mol. The first-order valence-corrected chi connectivity index (χ1v) is 14.5. The van der Waals surface area contributed by atoms with E-state index in [1.807, 2.05) is 42.3 Å². The molecule has 1 spiro atoms. The van der Waals surface area contributed by atoms with Crippen LogP contribution in [0.5, 0.6) is 0 Å². The Morgan fingerprint density at radius 1 is 1.05 bits per heavy atom. The number of hydrogen-bond donors (Lipinski definition) is 0. The minimum absolute atomic E-state index is 0.143. The topological polar surface area (TPSA) is 50.1 Å². The first-order valence-electron chi connectivity index (χ1n) is 14.5. The lowest BCUT2D eigenvalue weighted by molar-refractivity contribution is -0.0190. The summed E-state index contributed by atoms with van der Waals surface area (Å²) >= 11 is 0. The van der Waals surface area contributed by atoms with Crippen molar-refractivity contribution in [1.82, 2.24) is 24.6 Å². The van der Waals surface area contributed by atoms with E-state index in [1.54, 1.807) is 6.07 Å². The van der Waals surface area contributed by atoms with E-state index in [0.717, 1.165) is 54.0 Å². The zero-order valence-electron chi connectivity index (χ0n) is 23.6. The largest absolute Gasteiger partial charge is 0.369 e. The van der Waals surface area contributed by atoms with Gasteiger partial charge in [0.25, 0.3) is 0 Å². The van der Waals surface area contributed by atoms with Gasteiger partial charge < -0.3 is 9.80 Å². The van der Waals surface area contributed by atoms with Crippen LogP contribution in [0.25, 0.3) is 11.3 Å². The molecule has 2 aliphatic heterocycles. The van der Waals surface area contributed by atoms with Crippen molar-refractivity contribution in [2.24, 2.45) is 5.41 Å². The summed E-state index contributed by atoms with van der Waals surface area (Å²) in [4.78, 5) is 14.2. The third kappa shape index (κ3) is 5.93. The molecule has 2 fully saturated rings. The molecule has 0 N–H and O–H groups in total. The maximum atomic E-state index is 15.3. The van der Waals surface area contributed by atoms with Crippen LogP contribution in [0, 0.1) is 18.2 Å². The van der Waals surface area contributed by atoms with E-state index in [0.29, 0.717) is 23.7 Å². The molecule has 0 unspecified atom stereocenters. The summed E-state index contributed by atoms with van der Waals surface area (Å²) < 4.78 is 17.2. The van der Waals surface area contributed by atoms with E-state index in [1.165, 1.54) is 45.3 Å². The SMILES string of the molecule is CCCCCCN1CC2(CCN(c3ccc(Cc4ncc(C)c(-c5cnn(C(C)C)c5)n4)cc3F)CC2)C1. The van der Waals surface area contributed by atoms with Crippen molar-refractivity contribution >= 4 is 5.69 Å². The molecule has 0 radical (unpaired) electrons. The van der Waals surface area contributed by atoms with Crippen molar-refractivity contribution in [2.45, 2.75) is 78.7 Å². The molecule has 2 saturated heterocycles. The van der Waals surface area contributed by atoms with Crippen LogP contribution in [0.4, 0.5) is 10.1 Å². The lowest BCUT2D eigenvalue weighted by atomic mass is 9.72. The molecule has 4 heterocycles. The third-order valence-corrected chi connectivity index (χ3v) is 8.41. The second-order valence-corrected chi connectivity index (χ2v) is 11.8. The molecule has 2 aromatic heterocycles. The molecule has 0 saturated carbocycles. The molecule has 2 aliphatic rings. The summed E-state index contributed by atoms with van der Waals surface area (Å²) in [6.07, 6.45) is 13.9. The second kappa shape index (κ2) is 11.5. The van der Waals surface area contributed by atoms with Crippen molar-refractivity contribution in [3.05, 3.63) is 59.6 Å². The van der Waals surface area contributed by atoms with Crippen LogP contribution in [0.1, 0.15) is 82.3 Å². The number of unbranched alkanes of at least 4 members (excludes halogenated alkanes) is 3. The Bertz CT molecular complexity index is 1220. The van der Waals surface area contributed by atoms with Gasteiger partial charge in [0.2, 0.25) is 0 Å². The van der Waals surface area contributed by atoms with Crippen molar-refractivity contribution in [1.29, 1.82) is 0 Å². The van der Waals surface area contributed by atoms with E-state index in [4.69, 9.17) is 4.98 Å². The maximum absolute atomic E-state index is 15.3. The van der Waals surface area contributed by atoms with Gasteiger partial charge in [-0.3, -0.25) is 4.68 Å². The zero-order chi connectivity index (χ0) is 26.7. The smallest absolute Gasteiger partial charge is 0.146 e. The Labute approximate surface area is 227 Å². The van der Waals surface area contributed by atoms with Crippen LogP contribution < -0.4 is 4.90 Å². The summed E-state index contributed by atoms with van der Waals surface area (Å²) in [5.41, 5.74) is 4.96. The lowest BCUT2D eigenvalue weighted by Crippen LogP contribution is -2.60. The highest BCUT2D eigenvalue weighted by Gasteiger charge is 2.44. The molecule has 0 bridgehead atoms. The standard InChI is InChI=1S/C31H43FN6/c1-5-6-7-8-13-36-21-31(22-36)11-14-37(15-12-31)28-10-9-25(16-27(28)32)17-29-33-18-24(4)30(35-29)26-19-34-38(20-26)23(2)3/h9-10,16,18-20,23H,5-8,11-15,17,21-22H2,1-4H3. The van der Waals surface area contributed by atoms with Gasteiger partial charge >= 0.3 is 0 Å². The van der Waals surface area contributed by atoms with E-state index < -0.39 is 0 Å². The van der Waals surface area contributed by atoms with Gasteiger partial charge in [-0.05, 0) is 75.3 Å². The summed E-state index contributed by atoms with van der Waals surface area (Å²) in [5.74, 6) is 0.550. The summed E-state index contributed by atoms with van der Waals surface area (Å²) in [6.45, 7) is 14.1. The molecule has 6 nitrogen and oxygen atoms in total. The highest BCUT2D eigenvalue weighted by Crippen LogP contribution is 2.41. The molecule has 38 heavy (non-hydrogen) atoms. The summed E-state index contributed by atoms with van der Waals surface area (Å²) in [7, 11) is 0. The van der Waals surface area contributed by atoms with Gasteiger partial charge in [0, 0.05) is 56.6 Å². The van der Waals surface area contributed by atoms with Crippen LogP contribution in [-0.2, 0) is 6.42 Å². The molecule has 7 heteroatoms. The Morgan fingerprint density at radius 2 is 1.84 bits per heavy atom. The van der Waals surface area contributed by atoms with Crippen molar-refractivity contribution in [3.8, 4) is 11.3 Å². The molecule has 204 valence electrons. The molecule has 0 atom stereocenters. The normalized spacial score (nSPS) is 17.4. The number of nitrogens with zero attached hydrogens (tertiary/aromatic N) is 6. The molecule has 3 aromatic rings. The summed E-state index contributed by atoms with van der Waals surface area (Å²) in [6, 6.07) is 5.94. The van der Waals surface area contributed by atoms with Gasteiger partial charge in [0.15, 0.2) is 0 Å². The average molecular weight is 519 g/mol. The lowest BCUT2D eigenvalue weighted by Gasteiger charge is -2.54. The highest BCUT2D eigenvalue weighted by atomic mass is 19.1. The number of halogens is 1. The first-order chi connectivity index (χ1) is 18.4. The van der Waals surface area contributed by atoms with Crippen molar-refractivity contribution in [2.75, 3.05) is 37.6 Å². The van der Waals surface area contributed by atoms with Crippen LogP contribution in [-0.4, -0.2) is 57.4 Å². The van der Waals surface area contributed by atoms with Gasteiger partial charge in [0.1, 0.15) is 11.6 Å². The molecule has 0 amide bonds. The fraction of sp³-hybridized carbons (Fsp3) is 0.581. The van der Waals surface area contributed by atoms with Crippen LogP contribution in [0.3, 0.4) is 0 Å². The van der Waals surface area contributed by atoms with E-state index in [-0.39, 0.29) is 5.82 Å². The van der Waals surface area contributed by atoms with Gasteiger partial charge in [-0.25, -0.2) is 14.4 Å². The van der Waals surface area contributed by atoms with Crippen molar-refractivity contribution in [3.63, 3.8) is 0 Å². The Hall–Kier alpha value is -2.80. The fourth-order valence-electron chi connectivity index (χ4n) is 6.06. The Kier molecular flexibility index (Phi) is 8.12. The highest BCUT2D eigenvalue weighted by molar-refractivity contribution is 5.60. The first kappa shape index (κ1) is 26.8. The Morgan fingerprint density at radius 3 is 2.53 bits per heavy atom. The van der Waals surface area contributed by atoms with E-state index >= 15 is 4.39 Å². The van der Waals surface area contributed by atoms with Crippen LogP contribution in [0.15, 0.2) is 36.8 Å². The number of benzene rings is 1. The Balaban J connectivity index is 1.18. The van der Waals surface area contributed by atoms with E-state index in [2.05, 4.69) is 40.7 Å². The van der Waals surface area contributed by atoms with Gasteiger partial charge in [-0.15, -0.1) is 0 Å². The van der Waals surface area contributed by atoms with Crippen LogP contribution >= 0.6 is 0 Å². The number of hydrogen-bond acceptors (Lipinski definition) is 5. The number of anilines is 1. The van der Waals surface area contributed by atoms with E-state index in [9.17, 15) is 0 Å². The molecule has 5 rings (SSSR count). The minimum atomic E-state index is -0.143. The number of rotatable bonds is 10. The van der Waals surface area contributed by atoms with Gasteiger partial charge in [0.05, 0.1) is 17.6 Å². The third-order valence-electron chi connectivity index (χ3n) is 8.41. The average Bonchev–Trinajstić information content (AvgIpc) is 3.38. The number of aromatic nitrogens is 4. The fourth-order valence-corrected chi connectivity index (χ4v) is 6.06. The molecule has 1 aromatic carbocycles. The molecular formula is C31H43FN6. The predicted octanol–water partition coefficient (Wildman–Crippen LogP) is 6.44. The molecule has 0 aliphatic carbocycles. The second-order valence-electron chi connectivity index (χ2n) is 11.8. The maximum Gasteiger partial charge on any atom is 0.146 e. The quantitative estimate of drug-likeness (QED) is 0.289. The number of likely N-dealkylation sites (tertiary alicyclic amines) is 1.